The largest absolute Gasteiger partial charge is 0.417 e. The van der Waals surface area contributed by atoms with Crippen molar-refractivity contribution in [3.63, 3.8) is 0 Å². The molecule has 1 amide bonds. The summed E-state index contributed by atoms with van der Waals surface area (Å²) in [5, 5.41) is 0. The van der Waals surface area contributed by atoms with Crippen LogP contribution in [0.2, 0.25) is 0 Å². The fourth-order valence-corrected chi connectivity index (χ4v) is 2.49. The summed E-state index contributed by atoms with van der Waals surface area (Å²) in [4.78, 5) is 13.7. The van der Waals surface area contributed by atoms with Gasteiger partial charge in [-0.15, -0.1) is 0 Å². The fourth-order valence-electron chi connectivity index (χ4n) is 2.13. The zero-order chi connectivity index (χ0) is 15.5. The minimum atomic E-state index is -4.55. The van der Waals surface area contributed by atoms with Crippen molar-refractivity contribution in [3.8, 4) is 0 Å². The van der Waals surface area contributed by atoms with Crippen molar-refractivity contribution in [1.82, 2.24) is 4.90 Å². The van der Waals surface area contributed by atoms with E-state index in [2.05, 4.69) is 15.9 Å². The van der Waals surface area contributed by atoms with Crippen LogP contribution in [0.25, 0.3) is 0 Å². The number of alkyl halides is 3. The summed E-state index contributed by atoms with van der Waals surface area (Å²) in [6, 6.07) is 3.54. The van der Waals surface area contributed by atoms with E-state index in [1.807, 2.05) is 13.8 Å². The maximum Gasteiger partial charge on any atom is 0.417 e. The highest BCUT2D eigenvalue weighted by Gasteiger charge is 2.36. The predicted molar refractivity (Wildman–Crippen MR) is 75.6 cm³/mol. The van der Waals surface area contributed by atoms with E-state index in [0.717, 1.165) is 6.07 Å². The first-order valence-corrected chi connectivity index (χ1v) is 7.15. The zero-order valence-corrected chi connectivity index (χ0v) is 13.2. The van der Waals surface area contributed by atoms with Gasteiger partial charge in [0.1, 0.15) is 0 Å². The van der Waals surface area contributed by atoms with Gasteiger partial charge in [0.2, 0.25) is 0 Å². The first-order chi connectivity index (χ1) is 9.22. The second-order valence-corrected chi connectivity index (χ2v) is 5.49. The number of benzene rings is 1. The fraction of sp³-hybridized carbons (Fsp3) is 0.500. The Labute approximate surface area is 125 Å². The molecule has 0 aliphatic rings. The number of carbonyl (C=O) groups is 1. The van der Waals surface area contributed by atoms with Crippen LogP contribution in [0.3, 0.4) is 0 Å². The van der Waals surface area contributed by atoms with Crippen LogP contribution in [0, 0.1) is 0 Å². The van der Waals surface area contributed by atoms with Crippen LogP contribution in [-0.4, -0.2) is 23.9 Å². The van der Waals surface area contributed by atoms with Crippen LogP contribution >= 0.6 is 15.9 Å². The maximum atomic E-state index is 13.0. The van der Waals surface area contributed by atoms with E-state index in [1.54, 1.807) is 7.05 Å². The molecule has 0 heterocycles. The van der Waals surface area contributed by atoms with Crippen molar-refractivity contribution < 1.29 is 18.0 Å². The Balaban J connectivity index is 3.23. The van der Waals surface area contributed by atoms with Crippen molar-refractivity contribution in [2.45, 2.75) is 38.9 Å². The number of carbonyl (C=O) groups excluding carboxylic acids is 1. The highest BCUT2D eigenvalue weighted by molar-refractivity contribution is 9.10. The topological polar surface area (TPSA) is 20.3 Å². The Bertz CT molecular complexity index is 484. The summed E-state index contributed by atoms with van der Waals surface area (Å²) in [6.07, 6.45) is -3.14. The molecule has 0 aliphatic carbocycles. The van der Waals surface area contributed by atoms with Crippen LogP contribution in [0.15, 0.2) is 22.7 Å². The Morgan fingerprint density at radius 3 is 2.30 bits per heavy atom. The minimum Gasteiger partial charge on any atom is -0.339 e. The second-order valence-electron chi connectivity index (χ2n) is 4.57. The molecule has 6 heteroatoms. The number of hydrogen-bond donors (Lipinski definition) is 0. The van der Waals surface area contributed by atoms with E-state index in [-0.39, 0.29) is 11.6 Å². The van der Waals surface area contributed by atoms with E-state index in [0.29, 0.717) is 17.3 Å². The average Bonchev–Trinajstić information content (AvgIpc) is 2.38. The van der Waals surface area contributed by atoms with Crippen LogP contribution in [-0.2, 0) is 6.18 Å². The summed E-state index contributed by atoms with van der Waals surface area (Å²) in [5.74, 6) is -0.599. The molecule has 0 spiro atoms. The molecule has 0 bridgehead atoms. The highest BCUT2D eigenvalue weighted by Crippen LogP contribution is 2.34. The summed E-state index contributed by atoms with van der Waals surface area (Å²) in [6.45, 7) is 3.81. The molecule has 0 radical (unpaired) electrons. The molecule has 2 nitrogen and oxygen atoms in total. The molecule has 1 aromatic carbocycles. The second kappa shape index (κ2) is 6.61. The van der Waals surface area contributed by atoms with Gasteiger partial charge >= 0.3 is 6.18 Å². The number of amides is 1. The lowest BCUT2D eigenvalue weighted by molar-refractivity contribution is -0.138. The van der Waals surface area contributed by atoms with Gasteiger partial charge in [-0.25, -0.2) is 0 Å². The van der Waals surface area contributed by atoms with E-state index in [9.17, 15) is 18.0 Å². The number of hydrogen-bond acceptors (Lipinski definition) is 1. The highest BCUT2D eigenvalue weighted by atomic mass is 79.9. The third-order valence-electron chi connectivity index (χ3n) is 3.33. The molecule has 0 saturated heterocycles. The number of halogens is 4. The third-order valence-corrected chi connectivity index (χ3v) is 3.82. The summed E-state index contributed by atoms with van der Waals surface area (Å²) in [7, 11) is 1.54. The first-order valence-electron chi connectivity index (χ1n) is 6.36. The van der Waals surface area contributed by atoms with Crippen molar-refractivity contribution in [3.05, 3.63) is 33.8 Å². The standard InChI is InChI=1S/C14H17BrF3NO/c1-4-10(5-2)19(3)13(20)11-7-6-9(15)8-12(11)14(16,17)18/h6-8,10H,4-5H2,1-3H3. The third kappa shape index (κ3) is 3.75. The molecule has 112 valence electrons. The Morgan fingerprint density at radius 1 is 1.30 bits per heavy atom. The van der Waals surface area contributed by atoms with E-state index >= 15 is 0 Å². The predicted octanol–water partition coefficient (Wildman–Crippen LogP) is 4.73. The van der Waals surface area contributed by atoms with Gasteiger partial charge in [-0.05, 0) is 31.0 Å². The molecular formula is C14H17BrF3NO. The Kier molecular flexibility index (Phi) is 5.62. The van der Waals surface area contributed by atoms with E-state index < -0.39 is 17.6 Å². The maximum absolute atomic E-state index is 13.0. The molecule has 0 saturated carbocycles. The quantitative estimate of drug-likeness (QED) is 0.767. The van der Waals surface area contributed by atoms with Crippen molar-refractivity contribution in [2.24, 2.45) is 0 Å². The molecule has 20 heavy (non-hydrogen) atoms. The SMILES string of the molecule is CCC(CC)N(C)C(=O)c1ccc(Br)cc1C(F)(F)F. The Hall–Kier alpha value is -1.04. The molecule has 0 atom stereocenters. The van der Waals surface area contributed by atoms with Gasteiger partial charge in [0.25, 0.3) is 5.91 Å². The van der Waals surface area contributed by atoms with Crippen molar-refractivity contribution >= 4 is 21.8 Å². The smallest absolute Gasteiger partial charge is 0.339 e. The van der Waals surface area contributed by atoms with Gasteiger partial charge in [-0.2, -0.15) is 13.2 Å². The molecule has 0 aromatic heterocycles. The van der Waals surface area contributed by atoms with Crippen LogP contribution < -0.4 is 0 Å². The first kappa shape index (κ1) is 17.0. The molecule has 1 rings (SSSR count). The monoisotopic (exact) mass is 351 g/mol. The van der Waals surface area contributed by atoms with Gasteiger partial charge in [0.05, 0.1) is 11.1 Å². The van der Waals surface area contributed by atoms with Gasteiger partial charge < -0.3 is 4.90 Å². The van der Waals surface area contributed by atoms with Crippen LogP contribution in [0.5, 0.6) is 0 Å². The summed E-state index contributed by atoms with van der Waals surface area (Å²) >= 11 is 3.01. The Morgan fingerprint density at radius 2 is 1.85 bits per heavy atom. The van der Waals surface area contributed by atoms with Crippen molar-refractivity contribution in [2.75, 3.05) is 7.05 Å². The lowest BCUT2D eigenvalue weighted by Gasteiger charge is -2.27. The number of nitrogens with zero attached hydrogens (tertiary/aromatic N) is 1. The molecular weight excluding hydrogens is 335 g/mol. The minimum absolute atomic E-state index is 0.0627. The van der Waals surface area contributed by atoms with Gasteiger partial charge in [0.15, 0.2) is 0 Å². The van der Waals surface area contributed by atoms with E-state index in [1.165, 1.54) is 17.0 Å². The number of rotatable bonds is 4. The van der Waals surface area contributed by atoms with Crippen LogP contribution in [0.4, 0.5) is 13.2 Å². The summed E-state index contributed by atoms with van der Waals surface area (Å²) in [5.41, 5.74) is -1.22. The molecule has 0 fully saturated rings. The molecule has 0 N–H and O–H groups in total. The molecule has 1 aromatic rings. The molecule has 0 unspecified atom stereocenters. The van der Waals surface area contributed by atoms with Crippen molar-refractivity contribution in [1.29, 1.82) is 0 Å². The average molecular weight is 352 g/mol. The lowest BCUT2D eigenvalue weighted by atomic mass is 10.0. The van der Waals surface area contributed by atoms with Gasteiger partial charge in [-0.1, -0.05) is 29.8 Å². The van der Waals surface area contributed by atoms with Gasteiger partial charge in [0, 0.05) is 17.6 Å². The summed E-state index contributed by atoms with van der Waals surface area (Å²) < 4.78 is 39.4. The van der Waals surface area contributed by atoms with E-state index in [4.69, 9.17) is 0 Å². The van der Waals surface area contributed by atoms with Gasteiger partial charge in [-0.3, -0.25) is 4.79 Å². The molecule has 0 aliphatic heterocycles. The zero-order valence-electron chi connectivity index (χ0n) is 11.6. The van der Waals surface area contributed by atoms with Crippen LogP contribution in [0.1, 0.15) is 42.6 Å². The lowest BCUT2D eigenvalue weighted by Crippen LogP contribution is -2.37. The normalized spacial score (nSPS) is 11.8.